The summed E-state index contributed by atoms with van der Waals surface area (Å²) in [4.78, 5) is 12.8. The van der Waals surface area contributed by atoms with Crippen molar-refractivity contribution in [1.82, 2.24) is 15.4 Å². The van der Waals surface area contributed by atoms with Crippen molar-refractivity contribution >= 4 is 15.9 Å². The second-order valence-electron chi connectivity index (χ2n) is 10.5. The van der Waals surface area contributed by atoms with Crippen LogP contribution in [0.3, 0.4) is 0 Å². The molecule has 6 nitrogen and oxygen atoms in total. The quantitative estimate of drug-likeness (QED) is 0.250. The smallest absolute Gasteiger partial charge is 0.349 e. The highest BCUT2D eigenvalue weighted by molar-refractivity contribution is 7.89. The van der Waals surface area contributed by atoms with Gasteiger partial charge in [0.25, 0.3) is 0 Å². The van der Waals surface area contributed by atoms with E-state index in [9.17, 15) is 26.4 Å². The molecule has 0 radical (unpaired) electrons. The number of rotatable bonds is 11. The molecule has 3 atom stereocenters. The first kappa shape index (κ1) is 30.7. The van der Waals surface area contributed by atoms with Crippen LogP contribution in [0.2, 0.25) is 0 Å². The van der Waals surface area contributed by atoms with Crippen molar-refractivity contribution in [1.29, 1.82) is 0 Å². The number of hydrogen-bond donors (Lipinski definition) is 3. The zero-order valence-electron chi connectivity index (χ0n) is 23.2. The number of alkyl halides is 3. The maximum absolute atomic E-state index is 13.3. The molecule has 41 heavy (non-hydrogen) atoms. The number of benzene rings is 3. The highest BCUT2D eigenvalue weighted by Crippen LogP contribution is 2.32. The van der Waals surface area contributed by atoms with E-state index in [1.54, 1.807) is 30.3 Å². The lowest BCUT2D eigenvalue weighted by Crippen LogP contribution is -2.36. The van der Waals surface area contributed by atoms with Crippen LogP contribution in [-0.2, 0) is 34.0 Å². The topological polar surface area (TPSA) is 87.3 Å². The number of carbonyl (C=O) groups is 1. The summed E-state index contributed by atoms with van der Waals surface area (Å²) in [5, 5.41) is 6.57. The Morgan fingerprint density at radius 2 is 1.78 bits per heavy atom. The number of fused-ring (bicyclic) bond motifs is 1. The first-order valence-corrected chi connectivity index (χ1v) is 15.3. The molecule has 1 aliphatic rings. The summed E-state index contributed by atoms with van der Waals surface area (Å²) >= 11 is 0. The standard InChI is InChI=1S/C31H36F3N3O3S/c1-3-21(2)35-20-22-15-16-27-24(17-22)11-7-14-28(27)36-30(38)19-29(23-9-5-4-6-10-23)37-41(39,40)26-13-8-12-25(18-26)31(32,33)34/h4-6,8-10,12-13,15-18,21,28-29,35,37H,3,7,11,14,19-20H2,1-2H3,(H,36,38)/t21?,28-,29-/m1/s1. The van der Waals surface area contributed by atoms with E-state index in [1.807, 2.05) is 0 Å². The van der Waals surface area contributed by atoms with Gasteiger partial charge in [-0.15, -0.1) is 0 Å². The maximum atomic E-state index is 13.3. The van der Waals surface area contributed by atoms with Crippen molar-refractivity contribution in [2.24, 2.45) is 0 Å². The fraction of sp³-hybridized carbons (Fsp3) is 0.387. The van der Waals surface area contributed by atoms with Crippen LogP contribution in [0, 0.1) is 0 Å². The molecule has 0 saturated heterocycles. The van der Waals surface area contributed by atoms with Crippen LogP contribution >= 0.6 is 0 Å². The van der Waals surface area contributed by atoms with Crippen LogP contribution in [0.15, 0.2) is 77.7 Å². The van der Waals surface area contributed by atoms with E-state index in [2.05, 4.69) is 47.4 Å². The largest absolute Gasteiger partial charge is 0.416 e. The van der Waals surface area contributed by atoms with Gasteiger partial charge in [0.05, 0.1) is 22.5 Å². The second-order valence-corrected chi connectivity index (χ2v) is 12.3. The van der Waals surface area contributed by atoms with Gasteiger partial charge in [-0.05, 0) is 73.1 Å². The number of halogens is 3. The summed E-state index contributed by atoms with van der Waals surface area (Å²) in [7, 11) is -4.37. The fourth-order valence-electron chi connectivity index (χ4n) is 5.01. The normalized spacial score (nSPS) is 17.0. The third-order valence-electron chi connectivity index (χ3n) is 7.48. The molecule has 3 N–H and O–H groups in total. The molecular formula is C31H36F3N3O3S. The van der Waals surface area contributed by atoms with Crippen LogP contribution in [-0.4, -0.2) is 20.4 Å². The predicted octanol–water partition coefficient (Wildman–Crippen LogP) is 6.20. The molecular weight excluding hydrogens is 551 g/mol. The molecule has 0 spiro atoms. The molecule has 4 rings (SSSR count). The summed E-state index contributed by atoms with van der Waals surface area (Å²) in [6.07, 6.45) is -1.28. The molecule has 0 heterocycles. The molecule has 3 aromatic carbocycles. The van der Waals surface area contributed by atoms with Gasteiger partial charge in [0.15, 0.2) is 0 Å². The Labute approximate surface area is 239 Å². The van der Waals surface area contributed by atoms with Crippen molar-refractivity contribution < 1.29 is 26.4 Å². The van der Waals surface area contributed by atoms with Crippen molar-refractivity contribution in [3.8, 4) is 0 Å². The number of amides is 1. The Morgan fingerprint density at radius 3 is 2.49 bits per heavy atom. The minimum absolute atomic E-state index is 0.209. The molecule has 0 fully saturated rings. The zero-order valence-corrected chi connectivity index (χ0v) is 24.0. The average molecular weight is 588 g/mol. The summed E-state index contributed by atoms with van der Waals surface area (Å²) < 4.78 is 68.4. The molecule has 0 aliphatic heterocycles. The predicted molar refractivity (Wildman–Crippen MR) is 152 cm³/mol. The molecule has 1 amide bonds. The van der Waals surface area contributed by atoms with Crippen LogP contribution < -0.4 is 15.4 Å². The first-order chi connectivity index (χ1) is 19.5. The summed E-state index contributed by atoms with van der Waals surface area (Å²) in [5.74, 6) is -0.356. The van der Waals surface area contributed by atoms with Gasteiger partial charge in [0.2, 0.25) is 15.9 Å². The first-order valence-electron chi connectivity index (χ1n) is 13.8. The van der Waals surface area contributed by atoms with Crippen LogP contribution in [0.4, 0.5) is 13.2 Å². The molecule has 10 heteroatoms. The van der Waals surface area contributed by atoms with E-state index in [1.165, 1.54) is 11.1 Å². The Kier molecular flexibility index (Phi) is 9.88. The monoisotopic (exact) mass is 587 g/mol. The van der Waals surface area contributed by atoms with Gasteiger partial charge < -0.3 is 10.6 Å². The van der Waals surface area contributed by atoms with Gasteiger partial charge >= 0.3 is 6.18 Å². The molecule has 220 valence electrons. The lowest BCUT2D eigenvalue weighted by Gasteiger charge is -2.28. The summed E-state index contributed by atoms with van der Waals surface area (Å²) in [6.45, 7) is 5.05. The average Bonchev–Trinajstić information content (AvgIpc) is 2.95. The zero-order chi connectivity index (χ0) is 29.6. The molecule has 3 aromatic rings. The van der Waals surface area contributed by atoms with E-state index >= 15 is 0 Å². The minimum atomic E-state index is -4.69. The van der Waals surface area contributed by atoms with Gasteiger partial charge in [0, 0.05) is 19.0 Å². The van der Waals surface area contributed by atoms with Crippen molar-refractivity contribution in [2.45, 2.75) is 81.7 Å². The number of hydrogen-bond acceptors (Lipinski definition) is 4. The molecule has 0 aromatic heterocycles. The molecule has 1 aliphatic carbocycles. The SMILES string of the molecule is CCC(C)NCc1ccc2c(c1)CCC[C@H]2NC(=O)C[C@@H](NS(=O)(=O)c1cccc(C(F)(F)F)c1)c1ccccc1. The maximum Gasteiger partial charge on any atom is 0.416 e. The molecule has 0 bridgehead atoms. The third-order valence-corrected chi connectivity index (χ3v) is 8.95. The number of carbonyl (C=O) groups excluding carboxylic acids is 1. The van der Waals surface area contributed by atoms with Crippen LogP contribution in [0.1, 0.15) is 79.4 Å². The van der Waals surface area contributed by atoms with Gasteiger partial charge in [-0.1, -0.05) is 61.5 Å². The Balaban J connectivity index is 1.50. The minimum Gasteiger partial charge on any atom is -0.349 e. The van der Waals surface area contributed by atoms with Gasteiger partial charge in [-0.3, -0.25) is 4.79 Å². The highest BCUT2D eigenvalue weighted by atomic mass is 32.2. The van der Waals surface area contributed by atoms with Crippen molar-refractivity contribution in [3.05, 3.63) is 101 Å². The third kappa shape index (κ3) is 8.18. The van der Waals surface area contributed by atoms with Gasteiger partial charge in [-0.2, -0.15) is 13.2 Å². The van der Waals surface area contributed by atoms with Gasteiger partial charge in [0.1, 0.15) is 0 Å². The van der Waals surface area contributed by atoms with E-state index < -0.39 is 32.7 Å². The number of aryl methyl sites for hydroxylation is 1. The van der Waals surface area contributed by atoms with Gasteiger partial charge in [-0.25, -0.2) is 13.1 Å². The van der Waals surface area contributed by atoms with E-state index in [4.69, 9.17) is 0 Å². The van der Waals surface area contributed by atoms with Crippen LogP contribution in [0.5, 0.6) is 0 Å². The van der Waals surface area contributed by atoms with Crippen molar-refractivity contribution in [2.75, 3.05) is 0 Å². The Bertz CT molecular complexity index is 1450. The van der Waals surface area contributed by atoms with E-state index in [0.29, 0.717) is 17.7 Å². The van der Waals surface area contributed by atoms with Crippen LogP contribution in [0.25, 0.3) is 0 Å². The fourth-order valence-corrected chi connectivity index (χ4v) is 6.28. The molecule has 0 saturated carbocycles. The number of sulfonamides is 1. The van der Waals surface area contributed by atoms with E-state index in [-0.39, 0.29) is 18.4 Å². The number of nitrogens with one attached hydrogen (secondary N) is 3. The Hall–Kier alpha value is -3.21. The second kappa shape index (κ2) is 13.2. The Morgan fingerprint density at radius 1 is 1.02 bits per heavy atom. The van der Waals surface area contributed by atoms with E-state index in [0.717, 1.165) is 56.0 Å². The lowest BCUT2D eigenvalue weighted by atomic mass is 9.86. The highest BCUT2D eigenvalue weighted by Gasteiger charge is 2.32. The van der Waals surface area contributed by atoms with Crippen molar-refractivity contribution in [3.63, 3.8) is 0 Å². The summed E-state index contributed by atoms with van der Waals surface area (Å²) in [5.41, 5.74) is 2.89. The lowest BCUT2D eigenvalue weighted by molar-refractivity contribution is -0.137. The summed E-state index contributed by atoms with van der Waals surface area (Å²) in [6, 6.07) is 17.6. The molecule has 1 unspecified atom stereocenters.